The van der Waals surface area contributed by atoms with Crippen molar-refractivity contribution in [3.05, 3.63) is 54.4 Å². The summed E-state index contributed by atoms with van der Waals surface area (Å²) in [6, 6.07) is 15.7. The van der Waals surface area contributed by atoms with E-state index in [1.807, 2.05) is 12.1 Å². The van der Waals surface area contributed by atoms with Crippen molar-refractivity contribution < 1.29 is 23.8 Å². The van der Waals surface area contributed by atoms with E-state index in [4.69, 9.17) is 9.47 Å². The average Bonchev–Trinajstić information content (AvgIpc) is 2.99. The zero-order valence-corrected chi connectivity index (χ0v) is 24.7. The standard InChI is InChI=1S/C31H35FN8O4/c1-31(2)18-40(30(41)42)15-25(32)27(31)44-26-8-3-20(13-21(26)14-33)28-34-19-35-29(37-28)36-22-4-6-23(7-5-22)38-9-11-39(12-10-38)24-16-43-17-24/h3-8,13,19,24-25,27H,9-12,15-18H2,1-2H3,(H,41,42)(H,34,35,36,37). The van der Waals surface area contributed by atoms with E-state index in [1.54, 1.807) is 32.0 Å². The second-order valence-electron chi connectivity index (χ2n) is 12.0. The lowest BCUT2D eigenvalue weighted by molar-refractivity contribution is -0.0660. The SMILES string of the molecule is CC1(C)CN(C(=O)O)CC(F)C1Oc1ccc(-c2ncnc(Nc3ccc(N4CCN(C5COC5)CC4)cc3)n2)cc1C#N. The number of carbonyl (C=O) groups is 1. The number of nitrogens with one attached hydrogen (secondary N) is 1. The van der Waals surface area contributed by atoms with Crippen LogP contribution < -0.4 is 15.0 Å². The highest BCUT2D eigenvalue weighted by atomic mass is 19.1. The van der Waals surface area contributed by atoms with E-state index >= 15 is 4.39 Å². The van der Waals surface area contributed by atoms with Crippen LogP contribution in [0.25, 0.3) is 11.4 Å². The second kappa shape index (κ2) is 12.2. The normalized spacial score (nSPS) is 22.1. The summed E-state index contributed by atoms with van der Waals surface area (Å²) >= 11 is 0. The van der Waals surface area contributed by atoms with Crippen LogP contribution in [0.15, 0.2) is 48.8 Å². The molecule has 0 aliphatic carbocycles. The van der Waals surface area contributed by atoms with Crippen LogP contribution in [0.5, 0.6) is 5.75 Å². The highest BCUT2D eigenvalue weighted by Gasteiger charge is 2.46. The summed E-state index contributed by atoms with van der Waals surface area (Å²) in [7, 11) is 0. The van der Waals surface area contributed by atoms with E-state index in [2.05, 4.69) is 48.3 Å². The van der Waals surface area contributed by atoms with Crippen LogP contribution in [-0.2, 0) is 4.74 Å². The molecule has 2 unspecified atom stereocenters. The molecule has 6 rings (SSSR count). The number of piperidine rings is 1. The number of carboxylic acid groups (broad SMARTS) is 1. The Balaban J connectivity index is 1.11. The van der Waals surface area contributed by atoms with Gasteiger partial charge in [0.1, 0.15) is 24.3 Å². The molecule has 3 fully saturated rings. The Morgan fingerprint density at radius 3 is 2.52 bits per heavy atom. The number of ether oxygens (including phenoxy) is 2. The first kappa shape index (κ1) is 29.5. The third kappa shape index (κ3) is 6.22. The maximum Gasteiger partial charge on any atom is 0.407 e. The van der Waals surface area contributed by atoms with Gasteiger partial charge in [-0.05, 0) is 42.5 Å². The van der Waals surface area contributed by atoms with Gasteiger partial charge in [0, 0.05) is 55.1 Å². The molecule has 230 valence electrons. The molecular formula is C31H35FN8O4. The first-order valence-corrected chi connectivity index (χ1v) is 14.7. The van der Waals surface area contributed by atoms with Gasteiger partial charge in [0.2, 0.25) is 5.95 Å². The maximum absolute atomic E-state index is 15.1. The van der Waals surface area contributed by atoms with Gasteiger partial charge in [0.25, 0.3) is 0 Å². The molecule has 0 bridgehead atoms. The third-order valence-corrected chi connectivity index (χ3v) is 8.49. The summed E-state index contributed by atoms with van der Waals surface area (Å²) < 4.78 is 26.4. The Bertz CT molecular complexity index is 1540. The van der Waals surface area contributed by atoms with Gasteiger partial charge in [-0.25, -0.2) is 19.2 Å². The lowest BCUT2D eigenvalue weighted by Gasteiger charge is -2.44. The minimum Gasteiger partial charge on any atom is -0.485 e. The number of nitriles is 1. The quantitative estimate of drug-likeness (QED) is 0.408. The highest BCUT2D eigenvalue weighted by molar-refractivity contribution is 5.66. The molecule has 1 aromatic heterocycles. The van der Waals surface area contributed by atoms with Crippen molar-refractivity contribution in [3.8, 4) is 23.2 Å². The molecule has 0 radical (unpaired) electrons. The number of halogens is 1. The number of likely N-dealkylation sites (tertiary alicyclic amines) is 1. The zero-order chi connectivity index (χ0) is 30.8. The Labute approximate surface area is 255 Å². The predicted octanol–water partition coefficient (Wildman–Crippen LogP) is 3.78. The van der Waals surface area contributed by atoms with Crippen LogP contribution in [0.3, 0.4) is 0 Å². The molecule has 2 atom stereocenters. The predicted molar refractivity (Wildman–Crippen MR) is 161 cm³/mol. The molecule has 3 aromatic rings. The number of benzene rings is 2. The Kier molecular flexibility index (Phi) is 8.20. The molecule has 44 heavy (non-hydrogen) atoms. The Morgan fingerprint density at radius 2 is 1.89 bits per heavy atom. The Morgan fingerprint density at radius 1 is 1.14 bits per heavy atom. The molecule has 2 aromatic carbocycles. The molecular weight excluding hydrogens is 567 g/mol. The summed E-state index contributed by atoms with van der Waals surface area (Å²) in [5.74, 6) is 0.923. The van der Waals surface area contributed by atoms with Crippen molar-refractivity contribution >= 4 is 23.4 Å². The maximum atomic E-state index is 15.1. The van der Waals surface area contributed by atoms with Crippen LogP contribution >= 0.6 is 0 Å². The van der Waals surface area contributed by atoms with Gasteiger partial charge in [-0.3, -0.25) is 4.90 Å². The zero-order valence-electron chi connectivity index (χ0n) is 24.7. The topological polar surface area (TPSA) is 140 Å². The van der Waals surface area contributed by atoms with Gasteiger partial charge >= 0.3 is 6.09 Å². The van der Waals surface area contributed by atoms with E-state index < -0.39 is 23.8 Å². The van der Waals surface area contributed by atoms with Gasteiger partial charge in [-0.15, -0.1) is 0 Å². The number of amides is 1. The smallest absolute Gasteiger partial charge is 0.407 e. The largest absolute Gasteiger partial charge is 0.485 e. The van der Waals surface area contributed by atoms with Gasteiger partial charge in [-0.1, -0.05) is 13.8 Å². The lowest BCUT2D eigenvalue weighted by atomic mass is 9.80. The third-order valence-electron chi connectivity index (χ3n) is 8.49. The number of hydrogen-bond donors (Lipinski definition) is 2. The molecule has 0 saturated carbocycles. The highest BCUT2D eigenvalue weighted by Crippen LogP contribution is 2.36. The monoisotopic (exact) mass is 602 g/mol. The summed E-state index contributed by atoms with van der Waals surface area (Å²) in [5, 5.41) is 22.4. The fourth-order valence-electron chi connectivity index (χ4n) is 5.98. The average molecular weight is 603 g/mol. The van der Waals surface area contributed by atoms with Gasteiger partial charge < -0.3 is 29.7 Å². The van der Waals surface area contributed by atoms with Gasteiger partial charge in [-0.2, -0.15) is 10.2 Å². The van der Waals surface area contributed by atoms with Crippen LogP contribution in [0.2, 0.25) is 0 Å². The van der Waals surface area contributed by atoms with Crippen LogP contribution in [-0.4, -0.2) is 107 Å². The van der Waals surface area contributed by atoms with E-state index in [0.29, 0.717) is 23.4 Å². The number of rotatable bonds is 7. The van der Waals surface area contributed by atoms with Crippen molar-refractivity contribution in [1.82, 2.24) is 24.8 Å². The van der Waals surface area contributed by atoms with E-state index in [-0.39, 0.29) is 24.4 Å². The fraction of sp³-hybridized carbons (Fsp3) is 0.452. The molecule has 4 heterocycles. The van der Waals surface area contributed by atoms with E-state index in [1.165, 1.54) is 6.33 Å². The lowest BCUT2D eigenvalue weighted by Crippen LogP contribution is -2.58. The van der Waals surface area contributed by atoms with Crippen molar-refractivity contribution in [1.29, 1.82) is 5.26 Å². The molecule has 13 heteroatoms. The van der Waals surface area contributed by atoms with E-state index in [0.717, 1.165) is 55.7 Å². The molecule has 3 aliphatic rings. The molecule has 1 amide bonds. The van der Waals surface area contributed by atoms with Crippen LogP contribution in [0.1, 0.15) is 19.4 Å². The van der Waals surface area contributed by atoms with Gasteiger partial charge in [0.15, 0.2) is 12.0 Å². The minimum absolute atomic E-state index is 0.115. The second-order valence-corrected chi connectivity index (χ2v) is 12.0. The summed E-state index contributed by atoms with van der Waals surface area (Å²) in [5.41, 5.74) is 1.94. The Hall–Kier alpha value is -4.54. The molecule has 2 N–H and O–H groups in total. The van der Waals surface area contributed by atoms with Gasteiger partial charge in [0.05, 0.1) is 31.4 Å². The fourth-order valence-corrected chi connectivity index (χ4v) is 5.98. The minimum atomic E-state index is -1.55. The first-order valence-electron chi connectivity index (χ1n) is 14.7. The number of nitrogens with zero attached hydrogens (tertiary/aromatic N) is 7. The first-order chi connectivity index (χ1) is 21.2. The molecule has 12 nitrogen and oxygen atoms in total. The van der Waals surface area contributed by atoms with Crippen molar-refractivity contribution in [2.75, 3.05) is 62.7 Å². The van der Waals surface area contributed by atoms with Crippen LogP contribution in [0, 0.1) is 16.7 Å². The van der Waals surface area contributed by atoms with Crippen molar-refractivity contribution in [3.63, 3.8) is 0 Å². The molecule has 3 saturated heterocycles. The number of aromatic nitrogens is 3. The summed E-state index contributed by atoms with van der Waals surface area (Å²) in [4.78, 5) is 30.4. The molecule has 3 aliphatic heterocycles. The van der Waals surface area contributed by atoms with E-state index in [9.17, 15) is 15.2 Å². The number of anilines is 3. The summed E-state index contributed by atoms with van der Waals surface area (Å²) in [6.07, 6.45) is -2.25. The molecule has 0 spiro atoms. The van der Waals surface area contributed by atoms with Crippen molar-refractivity contribution in [2.24, 2.45) is 5.41 Å². The summed E-state index contributed by atoms with van der Waals surface area (Å²) in [6.45, 7) is 9.02. The number of alkyl halides is 1. The van der Waals surface area contributed by atoms with Crippen LogP contribution in [0.4, 0.5) is 26.5 Å². The van der Waals surface area contributed by atoms with Crippen molar-refractivity contribution in [2.45, 2.75) is 32.2 Å². The number of piperazine rings is 1. The number of hydrogen-bond acceptors (Lipinski definition) is 10.